The van der Waals surface area contributed by atoms with E-state index >= 15 is 0 Å². The van der Waals surface area contributed by atoms with Gasteiger partial charge in [-0.25, -0.2) is 9.97 Å². The highest BCUT2D eigenvalue weighted by molar-refractivity contribution is 5.46. The van der Waals surface area contributed by atoms with Crippen molar-refractivity contribution in [2.24, 2.45) is 11.8 Å². The van der Waals surface area contributed by atoms with E-state index in [4.69, 9.17) is 5.26 Å². The molecule has 0 aromatic carbocycles. The highest BCUT2D eigenvalue weighted by Crippen LogP contribution is 2.18. The topological polar surface area (TPSA) is 64.8 Å². The molecular formula is C14H21N5. The van der Waals surface area contributed by atoms with E-state index in [0.29, 0.717) is 17.4 Å². The van der Waals surface area contributed by atoms with Crippen LogP contribution in [-0.4, -0.2) is 41.0 Å². The highest BCUT2D eigenvalue weighted by atomic mass is 15.2. The van der Waals surface area contributed by atoms with Gasteiger partial charge >= 0.3 is 0 Å². The summed E-state index contributed by atoms with van der Waals surface area (Å²) < 4.78 is 0. The fourth-order valence-corrected chi connectivity index (χ4v) is 2.55. The number of hydrogen-bond acceptors (Lipinski definition) is 5. The predicted octanol–water partition coefficient (Wildman–Crippen LogP) is 1.74. The van der Waals surface area contributed by atoms with Crippen molar-refractivity contribution < 1.29 is 0 Å². The van der Waals surface area contributed by atoms with Crippen LogP contribution in [0.4, 0.5) is 5.82 Å². The Bertz CT molecular complexity index is 451. The third-order valence-electron chi connectivity index (χ3n) is 3.36. The quantitative estimate of drug-likeness (QED) is 0.872. The Labute approximate surface area is 114 Å². The number of nitrogens with zero attached hydrogens (tertiary/aromatic N) is 4. The Morgan fingerprint density at radius 2 is 2.26 bits per heavy atom. The zero-order valence-electron chi connectivity index (χ0n) is 11.6. The molecule has 1 aromatic rings. The lowest BCUT2D eigenvalue weighted by Crippen LogP contribution is -2.26. The van der Waals surface area contributed by atoms with Crippen LogP contribution in [0.2, 0.25) is 0 Å². The maximum atomic E-state index is 8.95. The second-order valence-electron chi connectivity index (χ2n) is 5.55. The first kappa shape index (κ1) is 13.8. The fraction of sp³-hybridized carbons (Fsp3) is 0.643. The van der Waals surface area contributed by atoms with Crippen LogP contribution in [0.15, 0.2) is 12.4 Å². The normalized spacial score (nSPS) is 19.6. The Morgan fingerprint density at radius 3 is 3.00 bits per heavy atom. The minimum Gasteiger partial charge on any atom is -0.367 e. The average Bonchev–Trinajstić information content (AvgIpc) is 2.83. The van der Waals surface area contributed by atoms with Gasteiger partial charge in [-0.05, 0) is 24.8 Å². The van der Waals surface area contributed by atoms with Gasteiger partial charge in [0.1, 0.15) is 6.07 Å². The summed E-state index contributed by atoms with van der Waals surface area (Å²) in [6.45, 7) is 8.85. The van der Waals surface area contributed by atoms with Gasteiger partial charge in [-0.2, -0.15) is 5.26 Å². The van der Waals surface area contributed by atoms with E-state index < -0.39 is 0 Å². The van der Waals surface area contributed by atoms with Gasteiger partial charge in [-0.15, -0.1) is 0 Å². The second kappa shape index (κ2) is 6.48. The van der Waals surface area contributed by atoms with Crippen molar-refractivity contribution in [3.8, 4) is 6.07 Å². The Morgan fingerprint density at radius 1 is 1.47 bits per heavy atom. The summed E-state index contributed by atoms with van der Waals surface area (Å²) in [5.74, 6) is 1.96. The predicted molar refractivity (Wildman–Crippen MR) is 74.6 cm³/mol. The molecule has 0 aliphatic carbocycles. The maximum absolute atomic E-state index is 8.95. The first-order chi connectivity index (χ1) is 9.19. The molecule has 1 atom stereocenters. The van der Waals surface area contributed by atoms with Gasteiger partial charge in [-0.1, -0.05) is 13.8 Å². The molecule has 5 nitrogen and oxygen atoms in total. The minimum absolute atomic E-state index is 0.375. The van der Waals surface area contributed by atoms with Gasteiger partial charge in [0.15, 0.2) is 11.5 Å². The summed E-state index contributed by atoms with van der Waals surface area (Å²) in [5.41, 5.74) is 0.375. The largest absolute Gasteiger partial charge is 0.367 e. The molecule has 5 heteroatoms. The van der Waals surface area contributed by atoms with E-state index in [1.807, 2.05) is 0 Å². The lowest BCUT2D eigenvalue weighted by Gasteiger charge is -2.18. The van der Waals surface area contributed by atoms with Crippen molar-refractivity contribution in [2.45, 2.75) is 20.3 Å². The second-order valence-corrected chi connectivity index (χ2v) is 5.55. The monoisotopic (exact) mass is 259 g/mol. The van der Waals surface area contributed by atoms with Crippen molar-refractivity contribution in [3.63, 3.8) is 0 Å². The van der Waals surface area contributed by atoms with E-state index in [9.17, 15) is 0 Å². The number of nitrogens with one attached hydrogen (secondary N) is 1. The molecule has 1 aromatic heterocycles. The lowest BCUT2D eigenvalue weighted by molar-refractivity contribution is 0.289. The molecule has 0 saturated carbocycles. The first-order valence-electron chi connectivity index (χ1n) is 6.86. The molecule has 102 valence electrons. The molecule has 2 heterocycles. The molecule has 0 bridgehead atoms. The summed E-state index contributed by atoms with van der Waals surface area (Å²) >= 11 is 0. The van der Waals surface area contributed by atoms with E-state index in [2.05, 4.69) is 40.1 Å². The van der Waals surface area contributed by atoms with Crippen LogP contribution >= 0.6 is 0 Å². The van der Waals surface area contributed by atoms with Crippen molar-refractivity contribution in [2.75, 3.05) is 31.5 Å². The number of likely N-dealkylation sites (tertiary alicyclic amines) is 1. The minimum atomic E-state index is 0.375. The molecule has 1 N–H and O–H groups in total. The molecule has 1 saturated heterocycles. The number of anilines is 1. The molecule has 1 fully saturated rings. The number of rotatable bonds is 5. The van der Waals surface area contributed by atoms with Gasteiger partial charge in [0.2, 0.25) is 0 Å². The van der Waals surface area contributed by atoms with Crippen LogP contribution in [0.25, 0.3) is 0 Å². The molecule has 0 spiro atoms. The zero-order valence-corrected chi connectivity index (χ0v) is 11.6. The van der Waals surface area contributed by atoms with Crippen LogP contribution < -0.4 is 5.32 Å². The van der Waals surface area contributed by atoms with E-state index in [1.165, 1.54) is 19.5 Å². The Hall–Kier alpha value is -1.67. The van der Waals surface area contributed by atoms with Crippen LogP contribution in [-0.2, 0) is 0 Å². The highest BCUT2D eigenvalue weighted by Gasteiger charge is 2.22. The number of aromatic nitrogens is 2. The SMILES string of the molecule is CC(C)CN1CCC(CNc2nccnc2C#N)C1. The van der Waals surface area contributed by atoms with Gasteiger partial charge in [0.05, 0.1) is 0 Å². The van der Waals surface area contributed by atoms with Crippen LogP contribution in [0.5, 0.6) is 0 Å². The van der Waals surface area contributed by atoms with Crippen LogP contribution in [0, 0.1) is 23.2 Å². The van der Waals surface area contributed by atoms with Crippen molar-refractivity contribution >= 4 is 5.82 Å². The van der Waals surface area contributed by atoms with E-state index in [-0.39, 0.29) is 0 Å². The van der Waals surface area contributed by atoms with Gasteiger partial charge in [0, 0.05) is 32.0 Å². The Balaban J connectivity index is 1.82. The molecule has 1 aliphatic rings. The van der Waals surface area contributed by atoms with Crippen LogP contribution in [0.1, 0.15) is 26.0 Å². The fourth-order valence-electron chi connectivity index (χ4n) is 2.55. The third kappa shape index (κ3) is 3.90. The summed E-state index contributed by atoms with van der Waals surface area (Å²) in [7, 11) is 0. The lowest BCUT2D eigenvalue weighted by atomic mass is 10.1. The van der Waals surface area contributed by atoms with E-state index in [0.717, 1.165) is 19.0 Å². The molecule has 1 aliphatic heterocycles. The van der Waals surface area contributed by atoms with Gasteiger partial charge in [0.25, 0.3) is 0 Å². The molecule has 1 unspecified atom stereocenters. The summed E-state index contributed by atoms with van der Waals surface area (Å²) in [4.78, 5) is 10.7. The maximum Gasteiger partial charge on any atom is 0.182 e. The van der Waals surface area contributed by atoms with Gasteiger partial charge in [-0.3, -0.25) is 0 Å². The smallest absolute Gasteiger partial charge is 0.182 e. The zero-order chi connectivity index (χ0) is 13.7. The van der Waals surface area contributed by atoms with Crippen molar-refractivity contribution in [3.05, 3.63) is 18.1 Å². The molecule has 0 amide bonds. The first-order valence-corrected chi connectivity index (χ1v) is 6.86. The molecule has 2 rings (SSSR count). The standard InChI is InChI=1S/C14H21N5/c1-11(2)9-19-6-3-12(10-19)8-18-14-13(7-15)16-4-5-17-14/h4-5,11-12H,3,6,8-10H2,1-2H3,(H,17,18). The number of nitriles is 1. The summed E-state index contributed by atoms with van der Waals surface area (Å²) in [6, 6.07) is 2.06. The molecule has 19 heavy (non-hydrogen) atoms. The van der Waals surface area contributed by atoms with Crippen molar-refractivity contribution in [1.29, 1.82) is 5.26 Å². The third-order valence-corrected chi connectivity index (χ3v) is 3.36. The van der Waals surface area contributed by atoms with Crippen molar-refractivity contribution in [1.82, 2.24) is 14.9 Å². The summed E-state index contributed by atoms with van der Waals surface area (Å²) in [6.07, 6.45) is 4.37. The average molecular weight is 259 g/mol. The van der Waals surface area contributed by atoms with Gasteiger partial charge < -0.3 is 10.2 Å². The molecular weight excluding hydrogens is 238 g/mol. The Kier molecular flexibility index (Phi) is 4.69. The summed E-state index contributed by atoms with van der Waals surface area (Å²) in [5, 5.41) is 12.2. The van der Waals surface area contributed by atoms with Crippen LogP contribution in [0.3, 0.4) is 0 Å². The van der Waals surface area contributed by atoms with E-state index in [1.54, 1.807) is 12.4 Å². The number of hydrogen-bond donors (Lipinski definition) is 1. The molecule has 0 radical (unpaired) electrons.